The van der Waals surface area contributed by atoms with Crippen molar-refractivity contribution in [3.8, 4) is 0 Å². The zero-order valence-corrected chi connectivity index (χ0v) is 23.8. The Hall–Kier alpha value is -4.04. The number of anilines is 1. The number of carbonyl (C=O) groups excluding carboxylic acids is 2. The SMILES string of the molecule is Cc1cnc2c(S(=O)(=O)N[C@@H](CCCNc3ncc[nH]3)C(=O)N3CCC(C)CC3C(=O)NCC(=O)O)cccc2c1. The molecule has 41 heavy (non-hydrogen) atoms. The Morgan fingerprint density at radius 3 is 2.78 bits per heavy atom. The Bertz CT molecular complexity index is 1500. The summed E-state index contributed by atoms with van der Waals surface area (Å²) in [5.74, 6) is -1.66. The van der Waals surface area contributed by atoms with Crippen molar-refractivity contribution in [3.05, 3.63) is 48.4 Å². The van der Waals surface area contributed by atoms with Gasteiger partial charge >= 0.3 is 5.97 Å². The van der Waals surface area contributed by atoms with Gasteiger partial charge in [0.05, 0.1) is 5.52 Å². The van der Waals surface area contributed by atoms with Gasteiger partial charge < -0.3 is 25.6 Å². The van der Waals surface area contributed by atoms with E-state index in [1.165, 1.54) is 11.0 Å². The third kappa shape index (κ3) is 7.58. The molecule has 14 heteroatoms. The van der Waals surface area contributed by atoms with Gasteiger partial charge in [0.1, 0.15) is 23.5 Å². The van der Waals surface area contributed by atoms with Crippen LogP contribution in [-0.4, -0.2) is 82.9 Å². The van der Waals surface area contributed by atoms with Gasteiger partial charge in [-0.2, -0.15) is 4.72 Å². The van der Waals surface area contributed by atoms with E-state index in [0.717, 1.165) is 5.56 Å². The number of aliphatic carboxylic acids is 1. The normalized spacial score (nSPS) is 18.1. The molecule has 0 aliphatic carbocycles. The number of likely N-dealkylation sites (tertiary alicyclic amines) is 1. The van der Waals surface area contributed by atoms with E-state index in [-0.39, 0.29) is 29.3 Å². The highest BCUT2D eigenvalue weighted by Gasteiger charge is 2.39. The average Bonchev–Trinajstić information content (AvgIpc) is 3.46. The summed E-state index contributed by atoms with van der Waals surface area (Å²) < 4.78 is 30.0. The van der Waals surface area contributed by atoms with Crippen molar-refractivity contribution in [3.63, 3.8) is 0 Å². The quantitative estimate of drug-likeness (QED) is 0.197. The number of carboxylic acids is 1. The molecular weight excluding hydrogens is 550 g/mol. The number of pyridine rings is 1. The summed E-state index contributed by atoms with van der Waals surface area (Å²) in [6, 6.07) is 4.57. The minimum Gasteiger partial charge on any atom is -0.480 e. The first-order valence-electron chi connectivity index (χ1n) is 13.5. The van der Waals surface area contributed by atoms with Crippen molar-refractivity contribution in [1.29, 1.82) is 0 Å². The van der Waals surface area contributed by atoms with E-state index in [1.807, 2.05) is 19.9 Å². The number of piperidine rings is 1. The Morgan fingerprint density at radius 1 is 1.24 bits per heavy atom. The molecule has 220 valence electrons. The second-order valence-corrected chi connectivity index (χ2v) is 12.0. The minimum atomic E-state index is -4.21. The van der Waals surface area contributed by atoms with Gasteiger partial charge in [0, 0.05) is 37.1 Å². The van der Waals surface area contributed by atoms with Crippen molar-refractivity contribution in [2.24, 2.45) is 5.92 Å². The Morgan fingerprint density at radius 2 is 2.05 bits per heavy atom. The summed E-state index contributed by atoms with van der Waals surface area (Å²) in [5, 5.41) is 15.1. The Labute approximate surface area is 238 Å². The summed E-state index contributed by atoms with van der Waals surface area (Å²) in [6.45, 7) is 3.89. The Kier molecular flexibility index (Phi) is 9.55. The largest absolute Gasteiger partial charge is 0.480 e. The number of nitrogens with zero attached hydrogens (tertiary/aromatic N) is 3. The van der Waals surface area contributed by atoms with Crippen LogP contribution in [0, 0.1) is 12.8 Å². The lowest BCUT2D eigenvalue weighted by Crippen LogP contribution is -2.58. The van der Waals surface area contributed by atoms with Gasteiger partial charge in [-0.1, -0.05) is 19.1 Å². The van der Waals surface area contributed by atoms with Crippen molar-refractivity contribution in [2.75, 3.05) is 25.0 Å². The van der Waals surface area contributed by atoms with Gasteiger partial charge in [-0.05, 0) is 56.2 Å². The molecule has 2 unspecified atom stereocenters. The third-order valence-electron chi connectivity index (χ3n) is 7.02. The Balaban J connectivity index is 1.59. The van der Waals surface area contributed by atoms with Gasteiger partial charge in [0.2, 0.25) is 21.8 Å². The molecule has 13 nitrogen and oxygen atoms in total. The summed E-state index contributed by atoms with van der Waals surface area (Å²) >= 11 is 0. The fourth-order valence-corrected chi connectivity index (χ4v) is 6.36. The zero-order valence-electron chi connectivity index (χ0n) is 23.0. The zero-order chi connectivity index (χ0) is 29.6. The molecule has 1 aliphatic heterocycles. The van der Waals surface area contributed by atoms with E-state index < -0.39 is 46.4 Å². The number of aromatic nitrogens is 3. The van der Waals surface area contributed by atoms with Crippen LogP contribution in [0.15, 0.2) is 47.8 Å². The standard InChI is InChI=1S/C27H35N7O6S/c1-17-8-12-34(21(14-17)25(37)32-16-23(35)36)26(38)20(6-4-9-28-27-29-10-11-30-27)33-41(39,40)22-7-3-5-19-13-18(2)15-31-24(19)22/h3,5,7,10-11,13,15,17,20-21,33H,4,6,8-9,12,14,16H2,1-2H3,(H,32,37)(H,35,36)(H2,28,29,30)/t17?,20-,21?/m0/s1. The van der Waals surface area contributed by atoms with Crippen LogP contribution in [0.4, 0.5) is 5.95 Å². The number of carboxylic acid groups (broad SMARTS) is 1. The number of benzene rings is 1. The maximum absolute atomic E-state index is 13.9. The van der Waals surface area contributed by atoms with Gasteiger partial charge in [-0.15, -0.1) is 0 Å². The van der Waals surface area contributed by atoms with Crippen molar-refractivity contribution in [2.45, 2.75) is 56.5 Å². The summed E-state index contributed by atoms with van der Waals surface area (Å²) in [6.07, 6.45) is 6.35. The highest BCUT2D eigenvalue weighted by Crippen LogP contribution is 2.26. The number of H-pyrrole nitrogens is 1. The number of hydrogen-bond donors (Lipinski definition) is 5. The molecule has 0 radical (unpaired) electrons. The second-order valence-electron chi connectivity index (χ2n) is 10.3. The van der Waals surface area contributed by atoms with Crippen molar-refractivity contribution < 1.29 is 27.9 Å². The van der Waals surface area contributed by atoms with Crippen LogP contribution in [0.2, 0.25) is 0 Å². The number of carbonyl (C=O) groups is 3. The van der Waals surface area contributed by atoms with Crippen molar-refractivity contribution >= 4 is 44.7 Å². The number of fused-ring (bicyclic) bond motifs is 1. The van der Waals surface area contributed by atoms with Gasteiger partial charge in [-0.3, -0.25) is 19.4 Å². The van der Waals surface area contributed by atoms with Crippen LogP contribution < -0.4 is 15.4 Å². The molecular formula is C27H35N7O6S. The van der Waals surface area contributed by atoms with Gasteiger partial charge in [0.15, 0.2) is 5.95 Å². The molecule has 3 aromatic rings. The number of aromatic amines is 1. The molecule has 2 aromatic heterocycles. The highest BCUT2D eigenvalue weighted by atomic mass is 32.2. The van der Waals surface area contributed by atoms with Crippen LogP contribution in [0.3, 0.4) is 0 Å². The molecule has 1 saturated heterocycles. The summed E-state index contributed by atoms with van der Waals surface area (Å²) in [5.41, 5.74) is 1.16. The fourth-order valence-electron chi connectivity index (χ4n) is 4.95. The lowest BCUT2D eigenvalue weighted by molar-refractivity contribution is -0.145. The number of rotatable bonds is 12. The molecule has 0 spiro atoms. The highest BCUT2D eigenvalue weighted by molar-refractivity contribution is 7.89. The maximum Gasteiger partial charge on any atom is 0.322 e. The van der Waals surface area contributed by atoms with E-state index in [2.05, 4.69) is 30.3 Å². The van der Waals surface area contributed by atoms with E-state index in [4.69, 9.17) is 5.11 Å². The summed E-state index contributed by atoms with van der Waals surface area (Å²) in [4.78, 5) is 50.6. The monoisotopic (exact) mass is 585 g/mol. The molecule has 2 amide bonds. The maximum atomic E-state index is 13.9. The third-order valence-corrected chi connectivity index (χ3v) is 8.52. The predicted molar refractivity (Wildman–Crippen MR) is 151 cm³/mol. The number of aryl methyl sites for hydroxylation is 1. The smallest absolute Gasteiger partial charge is 0.322 e. The fraction of sp³-hybridized carbons (Fsp3) is 0.444. The van der Waals surface area contributed by atoms with Gasteiger partial charge in [0.25, 0.3) is 0 Å². The van der Waals surface area contributed by atoms with E-state index >= 15 is 0 Å². The number of amides is 2. The number of sulfonamides is 1. The molecule has 3 atom stereocenters. The van der Waals surface area contributed by atoms with E-state index in [1.54, 1.807) is 30.7 Å². The first kappa shape index (κ1) is 29.9. The predicted octanol–water partition coefficient (Wildman–Crippen LogP) is 1.63. The molecule has 0 bridgehead atoms. The van der Waals surface area contributed by atoms with Crippen LogP contribution in [0.25, 0.3) is 10.9 Å². The van der Waals surface area contributed by atoms with Gasteiger partial charge in [-0.25, -0.2) is 13.4 Å². The first-order chi connectivity index (χ1) is 19.5. The first-order valence-corrected chi connectivity index (χ1v) is 14.9. The minimum absolute atomic E-state index is 0.0514. The van der Waals surface area contributed by atoms with E-state index in [0.29, 0.717) is 37.1 Å². The lowest BCUT2D eigenvalue weighted by atomic mass is 9.91. The topological polar surface area (TPSA) is 186 Å². The second kappa shape index (κ2) is 13.1. The van der Waals surface area contributed by atoms with Crippen LogP contribution in [-0.2, 0) is 24.4 Å². The molecule has 4 rings (SSSR count). The molecule has 0 saturated carbocycles. The van der Waals surface area contributed by atoms with Crippen LogP contribution >= 0.6 is 0 Å². The number of imidazole rings is 1. The lowest BCUT2D eigenvalue weighted by Gasteiger charge is -2.39. The molecule has 1 fully saturated rings. The average molecular weight is 586 g/mol. The summed E-state index contributed by atoms with van der Waals surface area (Å²) in [7, 11) is -4.21. The molecule has 5 N–H and O–H groups in total. The number of nitrogens with one attached hydrogen (secondary N) is 4. The number of para-hydroxylation sites is 1. The molecule has 1 aliphatic rings. The van der Waals surface area contributed by atoms with Crippen LogP contribution in [0.5, 0.6) is 0 Å². The molecule has 1 aromatic carbocycles. The number of hydrogen-bond acceptors (Lipinski definition) is 8. The van der Waals surface area contributed by atoms with Crippen molar-refractivity contribution in [1.82, 2.24) is 29.9 Å². The van der Waals surface area contributed by atoms with E-state index in [9.17, 15) is 22.8 Å². The molecule has 3 heterocycles. The van der Waals surface area contributed by atoms with Crippen LogP contribution in [0.1, 0.15) is 38.2 Å².